The Labute approximate surface area is 365 Å². The highest BCUT2D eigenvalue weighted by Crippen LogP contribution is 2.24. The first-order valence-corrected chi connectivity index (χ1v) is 21.6. The predicted molar refractivity (Wildman–Crippen MR) is 240 cm³/mol. The third-order valence-electron chi connectivity index (χ3n) is 11.4. The van der Waals surface area contributed by atoms with Crippen molar-refractivity contribution >= 4 is 35.0 Å². The summed E-state index contributed by atoms with van der Waals surface area (Å²) in [5.74, 6) is -0.0769. The summed E-state index contributed by atoms with van der Waals surface area (Å²) in [6.45, 7) is 8.96. The minimum Gasteiger partial charge on any atom is -0.465 e. The highest BCUT2D eigenvalue weighted by Gasteiger charge is 2.22. The van der Waals surface area contributed by atoms with Gasteiger partial charge in [-0.15, -0.1) is 0 Å². The molecule has 3 aliphatic heterocycles. The van der Waals surface area contributed by atoms with Crippen molar-refractivity contribution in [3.8, 4) is 0 Å². The Balaban J connectivity index is 0.000000179. The second-order valence-corrected chi connectivity index (χ2v) is 15.7. The number of ether oxygens (including phenoxy) is 5. The third-order valence-corrected chi connectivity index (χ3v) is 11.4. The van der Waals surface area contributed by atoms with Crippen LogP contribution in [0, 0.1) is 23.6 Å². The first kappa shape index (κ1) is 47.5. The first-order chi connectivity index (χ1) is 30.3. The summed E-state index contributed by atoms with van der Waals surface area (Å²) in [6.07, 6.45) is 6.48. The molecule has 0 radical (unpaired) electrons. The molecular formula is C49H63FN4O8. The number of hydrogen-bond donors (Lipinski definition) is 3. The summed E-state index contributed by atoms with van der Waals surface area (Å²) in [4.78, 5) is 37.5. The van der Waals surface area contributed by atoms with E-state index in [-0.39, 0.29) is 17.5 Å². The molecule has 4 aromatic carbocycles. The van der Waals surface area contributed by atoms with Gasteiger partial charge in [-0.05, 0) is 111 Å². The molecule has 0 spiro atoms. The van der Waals surface area contributed by atoms with Crippen molar-refractivity contribution in [2.75, 3.05) is 96.4 Å². The second kappa shape index (κ2) is 26.1. The highest BCUT2D eigenvalue weighted by molar-refractivity contribution is 5.96. The van der Waals surface area contributed by atoms with Gasteiger partial charge in [0.05, 0.1) is 38.1 Å². The van der Waals surface area contributed by atoms with E-state index in [9.17, 15) is 18.8 Å². The number of likely N-dealkylation sites (tertiary alicyclic amines) is 1. The van der Waals surface area contributed by atoms with Crippen molar-refractivity contribution in [1.29, 1.82) is 0 Å². The number of piperidine rings is 1. The standard InChI is InChI=1S/C21H26N2O2.C14H18FNO3.C14H19NO3/c1-25-21(24)19-9-5-6-10-20(19)22-15-17-11-13-23(14-12-17)16-18-7-3-2-4-8-18;1-18-14(17)13-11(15)3-2-4-12(13)16-9-10-5-7-19-8-6-10;1-17-14(16)12-4-2-3-5-13(12)15-10-11-6-8-18-9-7-11/h2-10,17,22H,11-16H2,1H3;2-4,10,16H,5-9H2,1H3;2-5,11,15H,6-10H2,1H3. The molecule has 0 saturated carbocycles. The number of anilines is 3. The molecule has 0 aromatic heterocycles. The van der Waals surface area contributed by atoms with E-state index in [0.717, 1.165) is 96.2 Å². The molecule has 0 unspecified atom stereocenters. The van der Waals surface area contributed by atoms with Crippen LogP contribution in [0.15, 0.2) is 97.1 Å². The predicted octanol–water partition coefficient (Wildman–Crippen LogP) is 8.56. The number of halogens is 1. The SMILES string of the molecule is COC(=O)c1c(F)cccc1NCC1CCOCC1.COC(=O)c1ccccc1NCC1CCN(Cc2ccccc2)CC1.COC(=O)c1ccccc1NCC1CCOCC1. The van der Waals surface area contributed by atoms with E-state index < -0.39 is 11.8 Å². The summed E-state index contributed by atoms with van der Waals surface area (Å²) in [6, 6.07) is 30.2. The molecule has 3 saturated heterocycles. The molecule has 7 rings (SSSR count). The number of benzene rings is 4. The van der Waals surface area contributed by atoms with Crippen LogP contribution in [0.3, 0.4) is 0 Å². The normalized spacial score (nSPS) is 16.0. The molecule has 0 atom stereocenters. The van der Waals surface area contributed by atoms with E-state index in [1.165, 1.54) is 45.8 Å². The van der Waals surface area contributed by atoms with E-state index in [4.69, 9.17) is 18.9 Å². The van der Waals surface area contributed by atoms with Gasteiger partial charge in [-0.1, -0.05) is 60.7 Å². The number of esters is 3. The summed E-state index contributed by atoms with van der Waals surface area (Å²) in [5.41, 5.74) is 4.73. The van der Waals surface area contributed by atoms with Gasteiger partial charge in [-0.25, -0.2) is 18.8 Å². The summed E-state index contributed by atoms with van der Waals surface area (Å²) in [5, 5.41) is 9.93. The Hall–Kier alpha value is -5.50. The van der Waals surface area contributed by atoms with Gasteiger partial charge in [0.25, 0.3) is 0 Å². The van der Waals surface area contributed by atoms with Crippen molar-refractivity contribution < 1.29 is 42.5 Å². The average Bonchev–Trinajstić information content (AvgIpc) is 3.33. The maximum atomic E-state index is 13.7. The Kier molecular flexibility index (Phi) is 20.0. The van der Waals surface area contributed by atoms with E-state index in [1.807, 2.05) is 36.4 Å². The average molecular weight is 855 g/mol. The number of nitrogens with zero attached hydrogens (tertiary/aromatic N) is 1. The molecule has 3 aliphatic rings. The number of carbonyl (C=O) groups excluding carboxylic acids is 3. The Morgan fingerprint density at radius 2 is 0.968 bits per heavy atom. The molecule has 334 valence electrons. The molecule has 62 heavy (non-hydrogen) atoms. The van der Waals surface area contributed by atoms with Crippen LogP contribution in [0.25, 0.3) is 0 Å². The van der Waals surface area contributed by atoms with Crippen molar-refractivity contribution in [3.63, 3.8) is 0 Å². The molecule has 3 N–H and O–H groups in total. The molecule has 3 heterocycles. The van der Waals surface area contributed by atoms with E-state index >= 15 is 0 Å². The van der Waals surface area contributed by atoms with Crippen LogP contribution < -0.4 is 16.0 Å². The highest BCUT2D eigenvalue weighted by atomic mass is 19.1. The number of rotatable bonds is 14. The summed E-state index contributed by atoms with van der Waals surface area (Å²) >= 11 is 0. The maximum Gasteiger partial charge on any atom is 0.342 e. The molecular weight excluding hydrogens is 792 g/mol. The lowest BCUT2D eigenvalue weighted by atomic mass is 9.96. The van der Waals surface area contributed by atoms with Gasteiger partial charge in [0.2, 0.25) is 0 Å². The summed E-state index contributed by atoms with van der Waals surface area (Å²) in [7, 11) is 4.07. The summed E-state index contributed by atoms with van der Waals surface area (Å²) < 4.78 is 38.5. The Morgan fingerprint density at radius 1 is 0.548 bits per heavy atom. The largest absolute Gasteiger partial charge is 0.465 e. The van der Waals surface area contributed by atoms with Crippen LogP contribution in [-0.2, 0) is 30.2 Å². The van der Waals surface area contributed by atoms with Crippen LogP contribution >= 0.6 is 0 Å². The maximum absolute atomic E-state index is 13.7. The van der Waals surface area contributed by atoms with Gasteiger partial charge in [-0.3, -0.25) is 4.90 Å². The number of nitrogens with one attached hydrogen (secondary N) is 3. The molecule has 13 heteroatoms. The number of para-hydroxylation sites is 2. The van der Waals surface area contributed by atoms with Crippen LogP contribution in [0.5, 0.6) is 0 Å². The topological polar surface area (TPSA) is 137 Å². The van der Waals surface area contributed by atoms with Gasteiger partial charge in [-0.2, -0.15) is 0 Å². The zero-order valence-electron chi connectivity index (χ0n) is 36.4. The van der Waals surface area contributed by atoms with Crippen LogP contribution in [-0.4, -0.2) is 103 Å². The minimum absolute atomic E-state index is 0.0305. The minimum atomic E-state index is -0.660. The fourth-order valence-corrected chi connectivity index (χ4v) is 7.69. The third kappa shape index (κ3) is 15.1. The molecule has 0 aliphatic carbocycles. The zero-order chi connectivity index (χ0) is 43.9. The lowest BCUT2D eigenvalue weighted by Gasteiger charge is -2.32. The molecule has 0 amide bonds. The Bertz CT molecular complexity index is 1960. The Morgan fingerprint density at radius 3 is 1.45 bits per heavy atom. The molecule has 3 fully saturated rings. The van der Waals surface area contributed by atoms with Crippen molar-refractivity contribution in [2.24, 2.45) is 17.8 Å². The molecule has 4 aromatic rings. The lowest BCUT2D eigenvalue weighted by Crippen LogP contribution is -2.35. The molecule has 0 bridgehead atoms. The monoisotopic (exact) mass is 854 g/mol. The van der Waals surface area contributed by atoms with Gasteiger partial charge in [0.1, 0.15) is 11.4 Å². The van der Waals surface area contributed by atoms with Gasteiger partial charge >= 0.3 is 17.9 Å². The van der Waals surface area contributed by atoms with Crippen LogP contribution in [0.1, 0.15) is 75.2 Å². The van der Waals surface area contributed by atoms with Crippen LogP contribution in [0.2, 0.25) is 0 Å². The van der Waals surface area contributed by atoms with Gasteiger partial charge in [0.15, 0.2) is 0 Å². The fraction of sp³-hybridized carbons (Fsp3) is 0.449. The number of methoxy groups -OCH3 is 3. The number of carbonyl (C=O) groups is 3. The first-order valence-electron chi connectivity index (χ1n) is 21.6. The van der Waals surface area contributed by atoms with E-state index in [0.29, 0.717) is 41.1 Å². The quantitative estimate of drug-likeness (QED) is 0.0829. The zero-order valence-corrected chi connectivity index (χ0v) is 36.4. The lowest BCUT2D eigenvalue weighted by molar-refractivity contribution is 0.0588. The smallest absolute Gasteiger partial charge is 0.342 e. The van der Waals surface area contributed by atoms with Gasteiger partial charge in [0, 0.05) is 64.0 Å². The second-order valence-electron chi connectivity index (χ2n) is 15.7. The number of hydrogen-bond acceptors (Lipinski definition) is 12. The fourth-order valence-electron chi connectivity index (χ4n) is 7.69. The van der Waals surface area contributed by atoms with E-state index in [2.05, 4.69) is 55.9 Å². The van der Waals surface area contributed by atoms with Gasteiger partial charge < -0.3 is 39.6 Å². The molecule has 12 nitrogen and oxygen atoms in total. The van der Waals surface area contributed by atoms with Crippen molar-refractivity contribution in [1.82, 2.24) is 4.90 Å². The van der Waals surface area contributed by atoms with Crippen molar-refractivity contribution in [2.45, 2.75) is 45.1 Å². The van der Waals surface area contributed by atoms with E-state index in [1.54, 1.807) is 24.3 Å². The van der Waals surface area contributed by atoms with Crippen LogP contribution in [0.4, 0.5) is 21.5 Å². The van der Waals surface area contributed by atoms with Crippen molar-refractivity contribution in [3.05, 3.63) is 125 Å².